The van der Waals surface area contributed by atoms with E-state index in [4.69, 9.17) is 5.73 Å². The second-order valence-corrected chi connectivity index (χ2v) is 3.26. The number of aromatic nitrogens is 4. The first-order valence-electron chi connectivity index (χ1n) is 4.67. The van der Waals surface area contributed by atoms with Gasteiger partial charge in [-0.25, -0.2) is 0 Å². The first kappa shape index (κ1) is 14.4. The minimum absolute atomic E-state index is 0. The zero-order chi connectivity index (χ0) is 12.5. The summed E-state index contributed by atoms with van der Waals surface area (Å²) in [7, 11) is 0. The molecule has 5 nitrogen and oxygen atoms in total. The average molecular weight is 280 g/mol. The number of nitrogens with two attached hydrogens (primary N) is 1. The summed E-state index contributed by atoms with van der Waals surface area (Å²) in [5.41, 5.74) is 5.10. The number of tetrazole rings is 1. The molecule has 0 saturated carbocycles. The van der Waals surface area contributed by atoms with Gasteiger partial charge in [-0.2, -0.15) is 17.9 Å². The highest BCUT2D eigenvalue weighted by Crippen LogP contribution is 2.29. The van der Waals surface area contributed by atoms with Crippen molar-refractivity contribution in [1.29, 1.82) is 0 Å². The monoisotopic (exact) mass is 279 g/mol. The van der Waals surface area contributed by atoms with Gasteiger partial charge in [-0.05, 0) is 34.7 Å². The Morgan fingerprint density at radius 3 is 2.28 bits per heavy atom. The molecule has 1 aromatic carbocycles. The fourth-order valence-electron chi connectivity index (χ4n) is 1.33. The van der Waals surface area contributed by atoms with E-state index < -0.39 is 11.7 Å². The molecule has 0 radical (unpaired) electrons. The minimum atomic E-state index is -4.35. The number of nitrogens with zero attached hydrogens (tertiary/aromatic N) is 4. The first-order chi connectivity index (χ1) is 8.02. The number of hydrogen-bond donors (Lipinski definition) is 1. The molecule has 2 N–H and O–H groups in total. The molecule has 0 aliphatic carbocycles. The highest BCUT2D eigenvalue weighted by molar-refractivity contribution is 5.85. The number of hydrogen-bond acceptors (Lipinski definition) is 4. The molecule has 1 aromatic heterocycles. The van der Waals surface area contributed by atoms with Crippen molar-refractivity contribution in [1.82, 2.24) is 20.2 Å². The van der Waals surface area contributed by atoms with Gasteiger partial charge in [0.25, 0.3) is 0 Å². The Morgan fingerprint density at radius 1 is 1.17 bits per heavy atom. The Balaban J connectivity index is 0.00000162. The maximum atomic E-state index is 12.3. The van der Waals surface area contributed by atoms with Gasteiger partial charge in [0.1, 0.15) is 0 Å². The first-order valence-corrected chi connectivity index (χ1v) is 4.67. The summed E-state index contributed by atoms with van der Waals surface area (Å²) in [6, 6.07) is 4.52. The summed E-state index contributed by atoms with van der Waals surface area (Å²) < 4.78 is 38.3. The quantitative estimate of drug-likeness (QED) is 0.906. The number of alkyl halides is 3. The van der Waals surface area contributed by atoms with Crippen molar-refractivity contribution in [3.63, 3.8) is 0 Å². The van der Waals surface area contributed by atoms with Crippen molar-refractivity contribution in [3.8, 4) is 5.69 Å². The highest BCUT2D eigenvalue weighted by atomic mass is 35.5. The molecule has 0 fully saturated rings. The Morgan fingerprint density at radius 2 is 1.78 bits per heavy atom. The molecule has 0 bridgehead atoms. The van der Waals surface area contributed by atoms with E-state index in [0.717, 1.165) is 12.1 Å². The van der Waals surface area contributed by atoms with Gasteiger partial charge in [0.2, 0.25) is 0 Å². The summed E-state index contributed by atoms with van der Waals surface area (Å²) in [6.07, 6.45) is -4.35. The lowest BCUT2D eigenvalue weighted by molar-refractivity contribution is -0.137. The maximum absolute atomic E-state index is 12.3. The average Bonchev–Trinajstić information content (AvgIpc) is 2.76. The van der Waals surface area contributed by atoms with Crippen LogP contribution < -0.4 is 5.73 Å². The van der Waals surface area contributed by atoms with Crippen LogP contribution in [0.15, 0.2) is 24.3 Å². The van der Waals surface area contributed by atoms with E-state index >= 15 is 0 Å². The van der Waals surface area contributed by atoms with Crippen LogP contribution in [0.1, 0.15) is 11.4 Å². The fraction of sp³-hybridized carbons (Fsp3) is 0.222. The zero-order valence-corrected chi connectivity index (χ0v) is 9.74. The second kappa shape index (κ2) is 5.32. The van der Waals surface area contributed by atoms with Crippen molar-refractivity contribution in [2.45, 2.75) is 12.7 Å². The Labute approximate surface area is 106 Å². The summed E-state index contributed by atoms with van der Waals surface area (Å²) in [6.45, 7) is 0.105. The highest BCUT2D eigenvalue weighted by Gasteiger charge is 2.30. The SMILES string of the molecule is Cl.NCc1nnnn1-c1ccc(C(F)(F)F)cc1. The van der Waals surface area contributed by atoms with E-state index in [-0.39, 0.29) is 19.0 Å². The van der Waals surface area contributed by atoms with Crippen molar-refractivity contribution >= 4 is 12.4 Å². The van der Waals surface area contributed by atoms with Gasteiger partial charge in [0.15, 0.2) is 5.82 Å². The molecule has 18 heavy (non-hydrogen) atoms. The fourth-order valence-corrected chi connectivity index (χ4v) is 1.33. The molecule has 2 rings (SSSR count). The van der Waals surface area contributed by atoms with Crippen molar-refractivity contribution in [3.05, 3.63) is 35.7 Å². The molecule has 2 aromatic rings. The lowest BCUT2D eigenvalue weighted by atomic mass is 10.2. The third kappa shape index (κ3) is 2.77. The van der Waals surface area contributed by atoms with Crippen LogP contribution in [-0.4, -0.2) is 20.2 Å². The summed E-state index contributed by atoms with van der Waals surface area (Å²) >= 11 is 0. The largest absolute Gasteiger partial charge is 0.416 e. The van der Waals surface area contributed by atoms with E-state index in [1.54, 1.807) is 0 Å². The van der Waals surface area contributed by atoms with Gasteiger partial charge in [0.05, 0.1) is 17.8 Å². The second-order valence-electron chi connectivity index (χ2n) is 3.26. The molecule has 0 amide bonds. The molecular formula is C9H9ClF3N5. The molecule has 0 aliphatic rings. The lowest BCUT2D eigenvalue weighted by Gasteiger charge is -2.07. The molecule has 98 valence electrons. The normalized spacial score (nSPS) is 11.1. The van der Waals surface area contributed by atoms with Gasteiger partial charge >= 0.3 is 6.18 Å². The van der Waals surface area contributed by atoms with Crippen LogP contribution in [0.2, 0.25) is 0 Å². The van der Waals surface area contributed by atoms with Gasteiger partial charge < -0.3 is 5.73 Å². The molecule has 0 aliphatic heterocycles. The lowest BCUT2D eigenvalue weighted by Crippen LogP contribution is -2.09. The standard InChI is InChI=1S/C9H8F3N5.ClH/c10-9(11,12)6-1-3-7(4-2-6)17-8(5-13)14-15-16-17;/h1-4H,5,13H2;1H. The molecule has 0 unspecified atom stereocenters. The predicted molar refractivity (Wildman–Crippen MR) is 59.3 cm³/mol. The van der Waals surface area contributed by atoms with E-state index in [0.29, 0.717) is 11.5 Å². The van der Waals surface area contributed by atoms with Gasteiger partial charge in [-0.3, -0.25) is 0 Å². The number of halogens is 4. The van der Waals surface area contributed by atoms with E-state index in [9.17, 15) is 13.2 Å². The van der Waals surface area contributed by atoms with Crippen LogP contribution >= 0.6 is 12.4 Å². The molecule has 0 spiro atoms. The van der Waals surface area contributed by atoms with E-state index in [1.807, 2.05) is 0 Å². The van der Waals surface area contributed by atoms with Crippen LogP contribution in [0.4, 0.5) is 13.2 Å². The van der Waals surface area contributed by atoms with Crippen LogP contribution in [0.3, 0.4) is 0 Å². The van der Waals surface area contributed by atoms with Crippen molar-refractivity contribution in [2.75, 3.05) is 0 Å². The molecular weight excluding hydrogens is 271 g/mol. The number of rotatable bonds is 2. The zero-order valence-electron chi connectivity index (χ0n) is 8.92. The van der Waals surface area contributed by atoms with Gasteiger partial charge in [-0.15, -0.1) is 17.5 Å². The third-order valence-corrected chi connectivity index (χ3v) is 2.16. The minimum Gasteiger partial charge on any atom is -0.324 e. The van der Waals surface area contributed by atoms with Crippen molar-refractivity contribution in [2.24, 2.45) is 5.73 Å². The molecule has 1 heterocycles. The topological polar surface area (TPSA) is 69.6 Å². The van der Waals surface area contributed by atoms with Crippen LogP contribution in [-0.2, 0) is 12.7 Å². The van der Waals surface area contributed by atoms with Crippen LogP contribution in [0, 0.1) is 0 Å². The predicted octanol–water partition coefficient (Wildman–Crippen LogP) is 1.56. The maximum Gasteiger partial charge on any atom is 0.416 e. The van der Waals surface area contributed by atoms with Gasteiger partial charge in [-0.1, -0.05) is 0 Å². The Kier molecular flexibility index (Phi) is 4.25. The van der Waals surface area contributed by atoms with E-state index in [2.05, 4.69) is 15.5 Å². The number of benzene rings is 1. The van der Waals surface area contributed by atoms with Crippen LogP contribution in [0.5, 0.6) is 0 Å². The smallest absolute Gasteiger partial charge is 0.324 e. The third-order valence-electron chi connectivity index (χ3n) is 2.16. The summed E-state index contributed by atoms with van der Waals surface area (Å²) in [5.74, 6) is 0.379. The van der Waals surface area contributed by atoms with Crippen LogP contribution in [0.25, 0.3) is 5.69 Å². The van der Waals surface area contributed by atoms with E-state index in [1.165, 1.54) is 16.8 Å². The Hall–Kier alpha value is -1.67. The molecule has 9 heteroatoms. The molecule has 0 atom stereocenters. The van der Waals surface area contributed by atoms with Gasteiger partial charge in [0, 0.05) is 0 Å². The van der Waals surface area contributed by atoms with Crippen molar-refractivity contribution < 1.29 is 13.2 Å². The summed E-state index contributed by atoms with van der Waals surface area (Å²) in [4.78, 5) is 0. The Bertz CT molecular complexity index is 508. The summed E-state index contributed by atoms with van der Waals surface area (Å²) in [5, 5.41) is 10.7. The molecule has 0 saturated heterocycles.